The second kappa shape index (κ2) is 3.41. The summed E-state index contributed by atoms with van der Waals surface area (Å²) >= 11 is 0. The van der Waals surface area contributed by atoms with Crippen LogP contribution < -0.4 is 0 Å². The Morgan fingerprint density at radius 3 is 2.23 bits per heavy atom. The van der Waals surface area contributed by atoms with Crippen LogP contribution in [0.3, 0.4) is 0 Å². The lowest BCUT2D eigenvalue weighted by Crippen LogP contribution is -2.08. The largest absolute Gasteiger partial charge is 0.379 e. The third-order valence-electron chi connectivity index (χ3n) is 1.38. The van der Waals surface area contributed by atoms with E-state index < -0.39 is 17.4 Å². The molecule has 1 aromatic carbocycles. The molecule has 0 heterocycles. The minimum absolute atomic E-state index is 0.544. The number of alkyl halides is 2. The van der Waals surface area contributed by atoms with Gasteiger partial charge in [0.1, 0.15) is 5.82 Å². The maximum atomic E-state index is 12.7. The molecule has 0 unspecified atom stereocenters. The summed E-state index contributed by atoms with van der Waals surface area (Å²) in [4.78, 5) is 11.9. The topological polar surface area (TPSA) is 29.4 Å². The molecule has 13 heavy (non-hydrogen) atoms. The van der Waals surface area contributed by atoms with Gasteiger partial charge in [0.25, 0.3) is 0 Å². The molecule has 2 nitrogen and oxygen atoms in total. The maximum Gasteiger partial charge on any atom is 0.379 e. The average molecular weight is 187 g/mol. The molecule has 0 aliphatic heterocycles. The quantitative estimate of drug-likeness (QED) is 0.396. The number of halogens is 3. The Bertz CT molecular complexity index is 341. The standard InChI is InChI=1S/C8H4F3NO/c9-7-3-1-6(2-4-7)8(10,11)12-5-13/h1-4H. The molecule has 1 rings (SSSR count). The molecular weight excluding hydrogens is 183 g/mol. The van der Waals surface area contributed by atoms with Crippen molar-refractivity contribution < 1.29 is 18.0 Å². The molecule has 0 N–H and O–H groups in total. The highest BCUT2D eigenvalue weighted by Gasteiger charge is 2.30. The van der Waals surface area contributed by atoms with Gasteiger partial charge in [-0.05, 0) is 24.3 Å². The molecule has 0 saturated carbocycles. The molecule has 1 aromatic rings. The molecule has 0 spiro atoms. The fourth-order valence-corrected chi connectivity index (χ4v) is 0.772. The van der Waals surface area contributed by atoms with Crippen molar-refractivity contribution >= 4 is 6.08 Å². The minimum atomic E-state index is -3.63. The van der Waals surface area contributed by atoms with Gasteiger partial charge < -0.3 is 0 Å². The molecule has 0 amide bonds. The molecule has 0 radical (unpaired) electrons. The summed E-state index contributed by atoms with van der Waals surface area (Å²) in [5.74, 6) is -0.630. The predicted molar refractivity (Wildman–Crippen MR) is 38.4 cm³/mol. The first-order valence-corrected chi connectivity index (χ1v) is 3.29. The molecule has 5 heteroatoms. The van der Waals surface area contributed by atoms with Crippen LogP contribution in [-0.2, 0) is 10.8 Å². The van der Waals surface area contributed by atoms with Crippen LogP contribution in [0.4, 0.5) is 13.2 Å². The van der Waals surface area contributed by atoms with Gasteiger partial charge in [-0.1, -0.05) is 0 Å². The van der Waals surface area contributed by atoms with E-state index in [1.807, 2.05) is 0 Å². The smallest absolute Gasteiger partial charge is 0.211 e. The van der Waals surface area contributed by atoms with Crippen LogP contribution in [0.25, 0.3) is 0 Å². The van der Waals surface area contributed by atoms with Crippen molar-refractivity contribution in [1.29, 1.82) is 0 Å². The zero-order chi connectivity index (χ0) is 9.90. The van der Waals surface area contributed by atoms with Crippen molar-refractivity contribution in [2.75, 3.05) is 0 Å². The fourth-order valence-electron chi connectivity index (χ4n) is 0.772. The second-order valence-electron chi connectivity index (χ2n) is 2.25. The Morgan fingerprint density at radius 2 is 1.77 bits per heavy atom. The SMILES string of the molecule is O=C=NC(F)(F)c1ccc(F)cc1. The van der Waals surface area contributed by atoms with Crippen LogP contribution >= 0.6 is 0 Å². The molecule has 0 aliphatic carbocycles. The van der Waals surface area contributed by atoms with E-state index in [0.717, 1.165) is 30.3 Å². The van der Waals surface area contributed by atoms with E-state index in [0.29, 0.717) is 0 Å². The van der Waals surface area contributed by atoms with Gasteiger partial charge in [-0.2, -0.15) is 8.78 Å². The van der Waals surface area contributed by atoms with E-state index in [9.17, 15) is 18.0 Å². The van der Waals surface area contributed by atoms with Crippen molar-refractivity contribution in [1.82, 2.24) is 0 Å². The average Bonchev–Trinajstić information content (AvgIpc) is 2.05. The lowest BCUT2D eigenvalue weighted by molar-refractivity contribution is 0.00612. The second-order valence-corrected chi connectivity index (χ2v) is 2.25. The van der Waals surface area contributed by atoms with Crippen molar-refractivity contribution in [3.8, 4) is 0 Å². The first kappa shape index (κ1) is 9.48. The van der Waals surface area contributed by atoms with Crippen LogP contribution in [0.2, 0.25) is 0 Å². The highest BCUT2D eigenvalue weighted by atomic mass is 19.3. The number of benzene rings is 1. The van der Waals surface area contributed by atoms with Gasteiger partial charge >= 0.3 is 6.05 Å². The fraction of sp³-hybridized carbons (Fsp3) is 0.125. The van der Waals surface area contributed by atoms with Crippen molar-refractivity contribution in [3.63, 3.8) is 0 Å². The Morgan fingerprint density at radius 1 is 1.23 bits per heavy atom. The highest BCUT2D eigenvalue weighted by Crippen LogP contribution is 2.28. The third-order valence-corrected chi connectivity index (χ3v) is 1.38. The summed E-state index contributed by atoms with van der Waals surface area (Å²) in [7, 11) is 0. The Balaban J connectivity index is 3.07. The van der Waals surface area contributed by atoms with Gasteiger partial charge in [-0.3, -0.25) is 0 Å². The zero-order valence-corrected chi connectivity index (χ0v) is 6.30. The van der Waals surface area contributed by atoms with E-state index in [-0.39, 0.29) is 0 Å². The van der Waals surface area contributed by atoms with Crippen LogP contribution in [0.5, 0.6) is 0 Å². The first-order valence-electron chi connectivity index (χ1n) is 3.29. The Hall–Kier alpha value is -1.61. The summed E-state index contributed by atoms with van der Waals surface area (Å²) < 4.78 is 37.8. The van der Waals surface area contributed by atoms with Crippen LogP contribution in [0, 0.1) is 5.82 Å². The Kier molecular flexibility index (Phi) is 2.49. The normalized spacial score (nSPS) is 10.7. The molecule has 68 valence electrons. The molecule has 0 saturated heterocycles. The van der Waals surface area contributed by atoms with Crippen molar-refractivity contribution in [2.45, 2.75) is 6.05 Å². The monoisotopic (exact) mass is 187 g/mol. The highest BCUT2D eigenvalue weighted by molar-refractivity contribution is 5.35. The summed E-state index contributed by atoms with van der Waals surface area (Å²) in [6.45, 7) is 0. The molecule has 0 fully saturated rings. The predicted octanol–water partition coefficient (Wildman–Crippen LogP) is 2.21. The number of rotatable bonds is 2. The molecule has 0 aromatic heterocycles. The maximum absolute atomic E-state index is 12.7. The molecular formula is C8H4F3NO. The van der Waals surface area contributed by atoms with E-state index in [1.165, 1.54) is 0 Å². The van der Waals surface area contributed by atoms with Crippen LogP contribution in [0.1, 0.15) is 5.56 Å². The molecule has 0 aliphatic rings. The zero-order valence-electron chi connectivity index (χ0n) is 6.30. The van der Waals surface area contributed by atoms with Crippen molar-refractivity contribution in [3.05, 3.63) is 35.6 Å². The number of carbonyl (C=O) groups excluding carboxylic acids is 1. The van der Waals surface area contributed by atoms with E-state index in [1.54, 1.807) is 0 Å². The third kappa shape index (κ3) is 2.16. The lowest BCUT2D eigenvalue weighted by atomic mass is 10.2. The first-order chi connectivity index (χ1) is 6.06. The number of aliphatic imine (C=N–C) groups is 1. The summed E-state index contributed by atoms with van der Waals surface area (Å²) in [5.41, 5.74) is -0.544. The van der Waals surface area contributed by atoms with Crippen LogP contribution in [-0.4, -0.2) is 6.08 Å². The summed E-state index contributed by atoms with van der Waals surface area (Å²) in [5, 5.41) is 0. The molecule has 0 bridgehead atoms. The lowest BCUT2D eigenvalue weighted by Gasteiger charge is -2.07. The number of hydrogen-bond donors (Lipinski definition) is 0. The number of hydrogen-bond acceptors (Lipinski definition) is 2. The van der Waals surface area contributed by atoms with Gasteiger partial charge in [-0.15, -0.1) is 4.99 Å². The van der Waals surface area contributed by atoms with Gasteiger partial charge in [0, 0.05) is 5.56 Å². The number of nitrogens with zero attached hydrogens (tertiary/aromatic N) is 1. The van der Waals surface area contributed by atoms with Gasteiger partial charge in [0.2, 0.25) is 6.08 Å². The summed E-state index contributed by atoms with van der Waals surface area (Å²) in [6.07, 6.45) is 0.752. The van der Waals surface area contributed by atoms with Crippen LogP contribution in [0.15, 0.2) is 29.3 Å². The van der Waals surface area contributed by atoms with E-state index >= 15 is 0 Å². The Labute approximate surface area is 71.7 Å². The minimum Gasteiger partial charge on any atom is -0.211 e. The summed E-state index contributed by atoms with van der Waals surface area (Å²) in [6, 6.07) is -0.186. The van der Waals surface area contributed by atoms with Crippen molar-refractivity contribution in [2.24, 2.45) is 4.99 Å². The van der Waals surface area contributed by atoms with Gasteiger partial charge in [0.05, 0.1) is 0 Å². The van der Waals surface area contributed by atoms with Gasteiger partial charge in [0.15, 0.2) is 0 Å². The molecule has 0 atom stereocenters. The van der Waals surface area contributed by atoms with Gasteiger partial charge in [-0.25, -0.2) is 9.18 Å². The van der Waals surface area contributed by atoms with E-state index in [4.69, 9.17) is 0 Å². The number of isocyanates is 1. The van der Waals surface area contributed by atoms with E-state index in [2.05, 4.69) is 4.99 Å².